The van der Waals surface area contributed by atoms with Crippen LogP contribution < -0.4 is 9.47 Å². The van der Waals surface area contributed by atoms with E-state index in [-0.39, 0.29) is 33.5 Å². The van der Waals surface area contributed by atoms with E-state index in [0.29, 0.717) is 0 Å². The number of carboxylic acids is 1. The lowest BCUT2D eigenvalue weighted by atomic mass is 10.0. The number of fused-ring (bicyclic) bond motifs is 1. The van der Waals surface area contributed by atoms with E-state index in [9.17, 15) is 27.5 Å². The fourth-order valence-corrected chi connectivity index (χ4v) is 2.55. The van der Waals surface area contributed by atoms with Gasteiger partial charge in [-0.2, -0.15) is 0 Å². The van der Waals surface area contributed by atoms with Crippen molar-refractivity contribution < 1.29 is 36.9 Å². The number of hydrogen-bond acceptors (Lipinski definition) is 4. The van der Waals surface area contributed by atoms with Crippen molar-refractivity contribution in [2.24, 2.45) is 0 Å². The van der Waals surface area contributed by atoms with Crippen molar-refractivity contribution in [1.29, 1.82) is 0 Å². The van der Waals surface area contributed by atoms with Crippen LogP contribution in [-0.2, 0) is 0 Å². The van der Waals surface area contributed by atoms with Gasteiger partial charge in [0.2, 0.25) is 0 Å². The van der Waals surface area contributed by atoms with E-state index >= 15 is 0 Å². The van der Waals surface area contributed by atoms with Gasteiger partial charge in [0, 0.05) is 10.9 Å². The van der Waals surface area contributed by atoms with Gasteiger partial charge < -0.3 is 14.6 Å². The van der Waals surface area contributed by atoms with Crippen molar-refractivity contribution >= 4 is 16.9 Å². The molecule has 0 aliphatic carbocycles. The smallest absolute Gasteiger partial charge is 0.494 e. The molecule has 1 aromatic heterocycles. The average Bonchev–Trinajstić information content (AvgIpc) is 2.59. The predicted octanol–water partition coefficient (Wildman–Crippen LogP) is 4.65. The summed E-state index contributed by atoms with van der Waals surface area (Å²) in [6.07, 6.45) is -4.91. The summed E-state index contributed by atoms with van der Waals surface area (Å²) in [5, 5.41) is 9.39. The second-order valence-electron chi connectivity index (χ2n) is 5.44. The molecule has 1 heterocycles. The molecule has 0 amide bonds. The lowest BCUT2D eigenvalue weighted by Gasteiger charge is -2.12. The molecule has 3 aromatic rings. The van der Waals surface area contributed by atoms with E-state index in [2.05, 4.69) is 9.72 Å². The Morgan fingerprint density at radius 1 is 1.11 bits per heavy atom. The number of methoxy groups -OCH3 is 1. The van der Waals surface area contributed by atoms with Crippen LogP contribution in [0.3, 0.4) is 0 Å². The van der Waals surface area contributed by atoms with E-state index in [0.717, 1.165) is 24.3 Å². The van der Waals surface area contributed by atoms with E-state index in [1.165, 1.54) is 25.3 Å². The standard InChI is InChI=1S/C18H11F4NO4/c1-26-16-5-2-9(6-13(16)19)15-8-12(17(24)25)11-7-10(27-18(20,21)22)3-4-14(11)23-15/h2-8H,1H3,(H,24,25). The third-order valence-electron chi connectivity index (χ3n) is 3.69. The summed E-state index contributed by atoms with van der Waals surface area (Å²) in [4.78, 5) is 15.8. The third-order valence-corrected chi connectivity index (χ3v) is 3.69. The average molecular weight is 381 g/mol. The number of aromatic carboxylic acids is 1. The largest absolute Gasteiger partial charge is 0.573 e. The Kier molecular flexibility index (Phi) is 4.61. The van der Waals surface area contributed by atoms with Gasteiger partial charge >= 0.3 is 12.3 Å². The number of alkyl halides is 3. The van der Waals surface area contributed by atoms with Crippen LogP contribution in [0.4, 0.5) is 17.6 Å². The highest BCUT2D eigenvalue weighted by atomic mass is 19.4. The van der Waals surface area contributed by atoms with Gasteiger partial charge in [-0.05, 0) is 42.5 Å². The Hall–Kier alpha value is -3.36. The normalized spacial score (nSPS) is 11.4. The summed E-state index contributed by atoms with van der Waals surface area (Å²) < 4.78 is 59.7. The van der Waals surface area contributed by atoms with Crippen LogP contribution in [0, 0.1) is 5.82 Å². The van der Waals surface area contributed by atoms with Gasteiger partial charge in [-0.25, -0.2) is 14.2 Å². The number of rotatable bonds is 4. The summed E-state index contributed by atoms with van der Waals surface area (Å²) in [6, 6.07) is 8.29. The lowest BCUT2D eigenvalue weighted by molar-refractivity contribution is -0.274. The van der Waals surface area contributed by atoms with Crippen LogP contribution >= 0.6 is 0 Å². The van der Waals surface area contributed by atoms with Crippen LogP contribution in [0.2, 0.25) is 0 Å². The maximum absolute atomic E-state index is 13.9. The number of benzene rings is 2. The summed E-state index contributed by atoms with van der Waals surface area (Å²) in [5.41, 5.74) is 0.258. The number of pyridine rings is 1. The molecule has 0 saturated heterocycles. The molecule has 0 unspecified atom stereocenters. The van der Waals surface area contributed by atoms with Crippen molar-refractivity contribution in [2.45, 2.75) is 6.36 Å². The predicted molar refractivity (Wildman–Crippen MR) is 87.3 cm³/mol. The molecule has 0 aliphatic heterocycles. The van der Waals surface area contributed by atoms with E-state index < -0.39 is 23.9 Å². The first kappa shape index (κ1) is 18.4. The highest BCUT2D eigenvalue weighted by molar-refractivity contribution is 6.04. The number of nitrogens with zero attached hydrogens (tertiary/aromatic N) is 1. The van der Waals surface area contributed by atoms with Crippen molar-refractivity contribution in [3.8, 4) is 22.8 Å². The second kappa shape index (κ2) is 6.75. The Balaban J connectivity index is 2.15. The highest BCUT2D eigenvalue weighted by Crippen LogP contribution is 2.31. The van der Waals surface area contributed by atoms with E-state index in [1.54, 1.807) is 0 Å². The zero-order valence-electron chi connectivity index (χ0n) is 13.7. The Labute approximate surface area is 149 Å². The van der Waals surface area contributed by atoms with Crippen LogP contribution in [0.25, 0.3) is 22.2 Å². The zero-order valence-corrected chi connectivity index (χ0v) is 13.7. The first-order chi connectivity index (χ1) is 12.7. The molecule has 0 aliphatic rings. The SMILES string of the molecule is COc1ccc(-c2cc(C(=O)O)c3cc(OC(F)(F)F)ccc3n2)cc1F. The van der Waals surface area contributed by atoms with Crippen LogP contribution in [-0.4, -0.2) is 29.5 Å². The molecule has 0 bridgehead atoms. The molecule has 140 valence electrons. The first-order valence-electron chi connectivity index (χ1n) is 7.45. The summed E-state index contributed by atoms with van der Waals surface area (Å²) in [5.74, 6) is -2.60. The lowest BCUT2D eigenvalue weighted by Crippen LogP contribution is -2.17. The Bertz CT molecular complexity index is 1030. The molecular formula is C18H11F4NO4. The number of aromatic nitrogens is 1. The third kappa shape index (κ3) is 3.91. The fraction of sp³-hybridized carbons (Fsp3) is 0.111. The van der Waals surface area contributed by atoms with Gasteiger partial charge in [0.15, 0.2) is 11.6 Å². The summed E-state index contributed by atoms with van der Waals surface area (Å²) in [7, 11) is 1.30. The number of carboxylic acid groups (broad SMARTS) is 1. The maximum atomic E-state index is 13.9. The number of carbonyl (C=O) groups is 1. The van der Waals surface area contributed by atoms with Crippen molar-refractivity contribution in [2.75, 3.05) is 7.11 Å². The van der Waals surface area contributed by atoms with Gasteiger partial charge in [-0.15, -0.1) is 13.2 Å². The molecule has 1 N–H and O–H groups in total. The quantitative estimate of drug-likeness (QED) is 0.667. The molecule has 0 fully saturated rings. The fourth-order valence-electron chi connectivity index (χ4n) is 2.55. The highest BCUT2D eigenvalue weighted by Gasteiger charge is 2.31. The molecule has 3 rings (SSSR count). The minimum absolute atomic E-state index is 0.00642. The Morgan fingerprint density at radius 2 is 1.85 bits per heavy atom. The van der Waals surface area contributed by atoms with E-state index in [4.69, 9.17) is 4.74 Å². The molecule has 9 heteroatoms. The van der Waals surface area contributed by atoms with Crippen molar-refractivity contribution in [1.82, 2.24) is 4.98 Å². The van der Waals surface area contributed by atoms with Gasteiger partial charge in [-0.3, -0.25) is 0 Å². The maximum Gasteiger partial charge on any atom is 0.573 e. The van der Waals surface area contributed by atoms with E-state index in [1.807, 2.05) is 0 Å². The van der Waals surface area contributed by atoms with Crippen LogP contribution in [0.5, 0.6) is 11.5 Å². The zero-order chi connectivity index (χ0) is 19.8. The van der Waals surface area contributed by atoms with Crippen LogP contribution in [0.1, 0.15) is 10.4 Å². The van der Waals surface area contributed by atoms with Gasteiger partial charge in [-0.1, -0.05) is 0 Å². The molecule has 27 heavy (non-hydrogen) atoms. The molecule has 0 spiro atoms. The minimum atomic E-state index is -4.91. The van der Waals surface area contributed by atoms with Gasteiger partial charge in [0.1, 0.15) is 5.75 Å². The number of halogens is 4. The van der Waals surface area contributed by atoms with Crippen molar-refractivity contribution in [3.05, 3.63) is 53.8 Å². The number of hydrogen-bond donors (Lipinski definition) is 1. The second-order valence-corrected chi connectivity index (χ2v) is 5.44. The first-order valence-corrected chi connectivity index (χ1v) is 7.45. The summed E-state index contributed by atoms with van der Waals surface area (Å²) >= 11 is 0. The molecule has 0 saturated carbocycles. The molecular weight excluding hydrogens is 370 g/mol. The van der Waals surface area contributed by atoms with Gasteiger partial charge in [0.05, 0.1) is 23.9 Å². The monoisotopic (exact) mass is 381 g/mol. The van der Waals surface area contributed by atoms with Crippen LogP contribution in [0.15, 0.2) is 42.5 Å². The topological polar surface area (TPSA) is 68.7 Å². The molecule has 2 aromatic carbocycles. The molecule has 0 radical (unpaired) electrons. The minimum Gasteiger partial charge on any atom is -0.494 e. The molecule has 0 atom stereocenters. The van der Waals surface area contributed by atoms with Crippen molar-refractivity contribution in [3.63, 3.8) is 0 Å². The Morgan fingerprint density at radius 3 is 2.44 bits per heavy atom. The van der Waals surface area contributed by atoms with Gasteiger partial charge in [0.25, 0.3) is 0 Å². The number of ether oxygens (including phenoxy) is 2. The summed E-state index contributed by atoms with van der Waals surface area (Å²) in [6.45, 7) is 0. The molecule has 5 nitrogen and oxygen atoms in total.